The minimum atomic E-state index is 0.758. The van der Waals surface area contributed by atoms with E-state index in [0.717, 1.165) is 17.8 Å². The maximum atomic E-state index is 2.46. The molecule has 0 spiro atoms. The van der Waals surface area contributed by atoms with Gasteiger partial charge in [0.15, 0.2) is 0 Å². The van der Waals surface area contributed by atoms with Crippen molar-refractivity contribution in [3.05, 3.63) is 24.3 Å². The first kappa shape index (κ1) is 16.8. The van der Waals surface area contributed by atoms with E-state index in [0.29, 0.717) is 0 Å². The third kappa shape index (κ3) is 6.01. The van der Waals surface area contributed by atoms with E-state index in [1.807, 2.05) is 0 Å². The lowest BCUT2D eigenvalue weighted by atomic mass is 9.72. The molecule has 1 atom stereocenters. The van der Waals surface area contributed by atoms with Crippen molar-refractivity contribution in [2.75, 3.05) is 0 Å². The molecule has 1 saturated carbocycles. The van der Waals surface area contributed by atoms with Crippen molar-refractivity contribution in [3.63, 3.8) is 0 Å². The molecule has 2 aliphatic rings. The molecule has 0 heteroatoms. The molecule has 0 saturated heterocycles. The zero-order chi connectivity index (χ0) is 14.8. The Balaban J connectivity index is 1.69. The lowest BCUT2D eigenvalue weighted by Gasteiger charge is -2.33. The van der Waals surface area contributed by atoms with Gasteiger partial charge in [-0.15, -0.1) is 0 Å². The Hall–Kier alpha value is -0.520. The van der Waals surface area contributed by atoms with Crippen LogP contribution in [0.25, 0.3) is 0 Å². The van der Waals surface area contributed by atoms with Gasteiger partial charge >= 0.3 is 0 Å². The fourth-order valence-corrected chi connectivity index (χ4v) is 4.38. The second-order valence-corrected chi connectivity index (χ2v) is 7.32. The van der Waals surface area contributed by atoms with Gasteiger partial charge in [-0.25, -0.2) is 0 Å². The van der Waals surface area contributed by atoms with Crippen molar-refractivity contribution in [3.8, 4) is 0 Å². The van der Waals surface area contributed by atoms with Gasteiger partial charge in [-0.05, 0) is 24.2 Å². The Labute approximate surface area is 133 Å². The molecule has 120 valence electrons. The lowest BCUT2D eigenvalue weighted by Crippen LogP contribution is -2.23. The Bertz CT molecular complexity index is 294. The molecule has 0 aromatic carbocycles. The molecule has 0 aliphatic heterocycles. The SMILES string of the molecule is CCCCCCCCCC(C1C=CC=C1)C1CCCCC1. The molecular weight excluding hydrogens is 252 g/mol. The number of hydrogen-bond donors (Lipinski definition) is 0. The van der Waals surface area contributed by atoms with E-state index in [2.05, 4.69) is 31.2 Å². The predicted molar refractivity (Wildman–Crippen MR) is 94.4 cm³/mol. The van der Waals surface area contributed by atoms with Gasteiger partial charge in [-0.1, -0.05) is 108 Å². The van der Waals surface area contributed by atoms with Crippen LogP contribution in [-0.4, -0.2) is 0 Å². The third-order valence-corrected chi connectivity index (χ3v) is 5.67. The van der Waals surface area contributed by atoms with E-state index in [1.165, 1.54) is 83.5 Å². The van der Waals surface area contributed by atoms with Crippen LogP contribution in [0.3, 0.4) is 0 Å². The maximum Gasteiger partial charge on any atom is -0.00163 e. The van der Waals surface area contributed by atoms with E-state index in [4.69, 9.17) is 0 Å². The van der Waals surface area contributed by atoms with Gasteiger partial charge in [0.2, 0.25) is 0 Å². The highest BCUT2D eigenvalue weighted by molar-refractivity contribution is 5.19. The first-order valence-electron chi connectivity index (χ1n) is 9.77. The van der Waals surface area contributed by atoms with Crippen LogP contribution < -0.4 is 0 Å². The summed E-state index contributed by atoms with van der Waals surface area (Å²) in [5.41, 5.74) is 0. The summed E-state index contributed by atoms with van der Waals surface area (Å²) in [7, 11) is 0. The molecule has 0 bridgehead atoms. The van der Waals surface area contributed by atoms with Crippen LogP contribution in [0, 0.1) is 17.8 Å². The molecule has 21 heavy (non-hydrogen) atoms. The highest BCUT2D eigenvalue weighted by atomic mass is 14.3. The molecular formula is C21H36. The van der Waals surface area contributed by atoms with Crippen LogP contribution in [0.4, 0.5) is 0 Å². The summed E-state index contributed by atoms with van der Waals surface area (Å²) in [6, 6.07) is 0. The van der Waals surface area contributed by atoms with E-state index in [1.54, 1.807) is 0 Å². The van der Waals surface area contributed by atoms with Gasteiger partial charge in [-0.3, -0.25) is 0 Å². The smallest absolute Gasteiger partial charge is 0.00163 e. The quantitative estimate of drug-likeness (QED) is 0.377. The number of hydrogen-bond acceptors (Lipinski definition) is 0. The summed E-state index contributed by atoms with van der Waals surface area (Å²) in [6.07, 6.45) is 28.5. The molecule has 0 amide bonds. The van der Waals surface area contributed by atoms with Crippen LogP contribution in [-0.2, 0) is 0 Å². The summed E-state index contributed by atoms with van der Waals surface area (Å²) in [5, 5.41) is 0. The molecule has 2 aliphatic carbocycles. The van der Waals surface area contributed by atoms with Gasteiger partial charge < -0.3 is 0 Å². The second-order valence-electron chi connectivity index (χ2n) is 7.32. The van der Waals surface area contributed by atoms with Crippen LogP contribution in [0.2, 0.25) is 0 Å². The summed E-state index contributed by atoms with van der Waals surface area (Å²) >= 11 is 0. The molecule has 0 aromatic heterocycles. The standard InChI is InChI=1S/C21H36/c1-2-3-4-5-6-7-11-18-21(20-16-12-13-17-20)19-14-9-8-10-15-19/h12-13,16-17,19-21H,2-11,14-15,18H2,1H3. The van der Waals surface area contributed by atoms with E-state index < -0.39 is 0 Å². The van der Waals surface area contributed by atoms with Gasteiger partial charge in [0, 0.05) is 0 Å². The van der Waals surface area contributed by atoms with Crippen molar-refractivity contribution in [2.24, 2.45) is 17.8 Å². The summed E-state index contributed by atoms with van der Waals surface area (Å²) in [5.74, 6) is 2.71. The zero-order valence-corrected chi connectivity index (χ0v) is 14.2. The molecule has 1 fully saturated rings. The Morgan fingerprint density at radius 3 is 2.10 bits per heavy atom. The lowest BCUT2D eigenvalue weighted by molar-refractivity contribution is 0.205. The fourth-order valence-electron chi connectivity index (χ4n) is 4.38. The highest BCUT2D eigenvalue weighted by Gasteiger charge is 2.28. The minimum absolute atomic E-state index is 0.758. The van der Waals surface area contributed by atoms with Crippen molar-refractivity contribution >= 4 is 0 Å². The average molecular weight is 289 g/mol. The zero-order valence-electron chi connectivity index (χ0n) is 14.2. The van der Waals surface area contributed by atoms with E-state index in [9.17, 15) is 0 Å². The topological polar surface area (TPSA) is 0 Å². The van der Waals surface area contributed by atoms with Crippen LogP contribution in [0.5, 0.6) is 0 Å². The molecule has 2 rings (SSSR count). The van der Waals surface area contributed by atoms with Crippen LogP contribution in [0.15, 0.2) is 24.3 Å². The summed E-state index contributed by atoms with van der Waals surface area (Å²) in [6.45, 7) is 2.30. The fraction of sp³-hybridized carbons (Fsp3) is 0.810. The first-order chi connectivity index (χ1) is 10.4. The van der Waals surface area contributed by atoms with E-state index in [-0.39, 0.29) is 0 Å². The molecule has 0 N–H and O–H groups in total. The van der Waals surface area contributed by atoms with Crippen molar-refractivity contribution in [1.29, 1.82) is 0 Å². The summed E-state index contributed by atoms with van der Waals surface area (Å²) in [4.78, 5) is 0. The summed E-state index contributed by atoms with van der Waals surface area (Å²) < 4.78 is 0. The molecule has 1 unspecified atom stereocenters. The van der Waals surface area contributed by atoms with Crippen LogP contribution in [0.1, 0.15) is 90.4 Å². The van der Waals surface area contributed by atoms with E-state index >= 15 is 0 Å². The average Bonchev–Trinajstić information content (AvgIpc) is 3.05. The minimum Gasteiger partial charge on any atom is -0.0773 e. The molecule has 0 nitrogen and oxygen atoms in total. The van der Waals surface area contributed by atoms with Crippen molar-refractivity contribution < 1.29 is 0 Å². The maximum absolute atomic E-state index is 2.46. The third-order valence-electron chi connectivity index (χ3n) is 5.67. The van der Waals surface area contributed by atoms with Crippen LogP contribution >= 0.6 is 0 Å². The normalized spacial score (nSPS) is 21.2. The number of rotatable bonds is 10. The molecule has 0 heterocycles. The molecule has 0 aromatic rings. The van der Waals surface area contributed by atoms with Crippen molar-refractivity contribution in [1.82, 2.24) is 0 Å². The van der Waals surface area contributed by atoms with Gasteiger partial charge in [-0.2, -0.15) is 0 Å². The molecule has 0 radical (unpaired) electrons. The highest BCUT2D eigenvalue weighted by Crippen LogP contribution is 2.39. The first-order valence-corrected chi connectivity index (χ1v) is 9.77. The van der Waals surface area contributed by atoms with Crippen molar-refractivity contribution in [2.45, 2.75) is 90.4 Å². The Kier molecular flexibility index (Phi) is 8.22. The monoisotopic (exact) mass is 288 g/mol. The predicted octanol–water partition coefficient (Wildman–Crippen LogP) is 7.07. The van der Waals surface area contributed by atoms with Gasteiger partial charge in [0.05, 0.1) is 0 Å². The Morgan fingerprint density at radius 2 is 1.43 bits per heavy atom. The number of unbranched alkanes of at least 4 members (excludes halogenated alkanes) is 6. The number of allylic oxidation sites excluding steroid dienone is 4. The largest absolute Gasteiger partial charge is 0.0773 e. The second kappa shape index (κ2) is 10.2. The Morgan fingerprint density at radius 1 is 0.810 bits per heavy atom. The van der Waals surface area contributed by atoms with Gasteiger partial charge in [0.1, 0.15) is 0 Å². The van der Waals surface area contributed by atoms with Gasteiger partial charge in [0.25, 0.3) is 0 Å².